The Kier molecular flexibility index (Phi) is 2.70. The van der Waals surface area contributed by atoms with Gasteiger partial charge in [-0.3, -0.25) is 0 Å². The number of hydrogen-bond acceptors (Lipinski definition) is 6. The number of nitrogens with zero attached hydrogens (tertiary/aromatic N) is 4. The van der Waals surface area contributed by atoms with Crippen molar-refractivity contribution in [2.24, 2.45) is 0 Å². The van der Waals surface area contributed by atoms with E-state index in [0.717, 1.165) is 5.56 Å². The monoisotopic (exact) mass is 245 g/mol. The van der Waals surface area contributed by atoms with Crippen LogP contribution in [0.25, 0.3) is 0 Å². The van der Waals surface area contributed by atoms with Crippen LogP contribution in [0.5, 0.6) is 0 Å². The van der Waals surface area contributed by atoms with Gasteiger partial charge in [0.05, 0.1) is 0 Å². The molecule has 0 aliphatic carbocycles. The van der Waals surface area contributed by atoms with E-state index in [1.165, 1.54) is 6.26 Å². The van der Waals surface area contributed by atoms with Gasteiger partial charge in [0, 0.05) is 5.56 Å². The summed E-state index contributed by atoms with van der Waals surface area (Å²) in [6, 6.07) is 0. The maximum Gasteiger partial charge on any atom is 0.234 e. The van der Waals surface area contributed by atoms with Crippen LogP contribution < -0.4 is 5.32 Å². The molecule has 0 bridgehead atoms. The highest BCUT2D eigenvalue weighted by atomic mass is 35.5. The Bertz CT molecular complexity index is 466. The smallest absolute Gasteiger partial charge is 0.234 e. The average Bonchev–Trinajstić information content (AvgIpc) is 2.50. The van der Waals surface area contributed by atoms with Gasteiger partial charge in [-0.15, -0.1) is 0 Å². The minimum Gasteiger partial charge on any atom is -0.362 e. The Morgan fingerprint density at radius 3 is 2.40 bits per heavy atom. The van der Waals surface area contributed by atoms with Gasteiger partial charge in [0.1, 0.15) is 6.26 Å². The van der Waals surface area contributed by atoms with Crippen molar-refractivity contribution in [2.45, 2.75) is 6.92 Å². The van der Waals surface area contributed by atoms with Crippen molar-refractivity contribution in [1.82, 2.24) is 20.1 Å². The first-order chi connectivity index (χ1) is 7.15. The molecule has 2 rings (SSSR count). The maximum atomic E-state index is 5.60. The molecule has 15 heavy (non-hydrogen) atoms. The second-order valence-electron chi connectivity index (χ2n) is 2.67. The fourth-order valence-electron chi connectivity index (χ4n) is 0.895. The second kappa shape index (κ2) is 4.00. The SMILES string of the molecule is Cc1conc1Nc1nc(Cl)nc(Cl)n1. The van der Waals surface area contributed by atoms with Gasteiger partial charge in [-0.05, 0) is 30.1 Å². The molecule has 2 aromatic heterocycles. The number of nitrogens with one attached hydrogen (secondary N) is 1. The molecule has 0 saturated carbocycles. The van der Waals surface area contributed by atoms with E-state index < -0.39 is 0 Å². The highest BCUT2D eigenvalue weighted by Gasteiger charge is 2.07. The zero-order chi connectivity index (χ0) is 10.8. The Labute approximate surface area is 94.6 Å². The predicted molar refractivity (Wildman–Crippen MR) is 54.4 cm³/mol. The van der Waals surface area contributed by atoms with E-state index in [2.05, 4.69) is 25.4 Å². The van der Waals surface area contributed by atoms with E-state index in [1.807, 2.05) is 6.92 Å². The number of rotatable bonds is 2. The van der Waals surface area contributed by atoms with Gasteiger partial charge in [-0.1, -0.05) is 5.16 Å². The molecule has 0 aliphatic heterocycles. The molecule has 1 N–H and O–H groups in total. The van der Waals surface area contributed by atoms with Crippen LogP contribution in [-0.2, 0) is 0 Å². The molecule has 0 aliphatic rings. The first kappa shape index (κ1) is 10.1. The summed E-state index contributed by atoms with van der Waals surface area (Å²) in [5.41, 5.74) is 0.822. The van der Waals surface area contributed by atoms with Crippen LogP contribution >= 0.6 is 23.2 Å². The molecule has 0 spiro atoms. The topological polar surface area (TPSA) is 76.7 Å². The molecular formula is C7H5Cl2N5O. The van der Waals surface area contributed by atoms with Gasteiger partial charge in [0.15, 0.2) is 5.82 Å². The summed E-state index contributed by atoms with van der Waals surface area (Å²) in [7, 11) is 0. The molecular weight excluding hydrogens is 241 g/mol. The highest BCUT2D eigenvalue weighted by Crippen LogP contribution is 2.17. The fourth-order valence-corrected chi connectivity index (χ4v) is 1.26. The normalized spacial score (nSPS) is 10.3. The summed E-state index contributed by atoms with van der Waals surface area (Å²) in [4.78, 5) is 11.2. The Balaban J connectivity index is 2.28. The number of anilines is 2. The molecule has 2 heterocycles. The van der Waals surface area contributed by atoms with Crippen LogP contribution in [0.2, 0.25) is 10.6 Å². The van der Waals surface area contributed by atoms with Crippen molar-refractivity contribution in [3.05, 3.63) is 22.4 Å². The van der Waals surface area contributed by atoms with Crippen molar-refractivity contribution in [3.8, 4) is 0 Å². The van der Waals surface area contributed by atoms with Crippen LogP contribution in [0.3, 0.4) is 0 Å². The molecule has 0 aromatic carbocycles. The molecule has 8 heteroatoms. The Morgan fingerprint density at radius 2 is 1.87 bits per heavy atom. The molecule has 0 amide bonds. The third-order valence-corrected chi connectivity index (χ3v) is 1.90. The molecule has 0 atom stereocenters. The lowest BCUT2D eigenvalue weighted by Gasteiger charge is -2.01. The number of halogens is 2. The van der Waals surface area contributed by atoms with E-state index in [1.54, 1.807) is 0 Å². The highest BCUT2D eigenvalue weighted by molar-refractivity contribution is 6.31. The Hall–Kier alpha value is -1.40. The first-order valence-corrected chi connectivity index (χ1v) is 4.66. The van der Waals surface area contributed by atoms with Crippen molar-refractivity contribution in [3.63, 3.8) is 0 Å². The van der Waals surface area contributed by atoms with Gasteiger partial charge >= 0.3 is 0 Å². The zero-order valence-electron chi connectivity index (χ0n) is 7.53. The van der Waals surface area contributed by atoms with E-state index >= 15 is 0 Å². The van der Waals surface area contributed by atoms with E-state index in [9.17, 15) is 0 Å². The lowest BCUT2D eigenvalue weighted by Crippen LogP contribution is -2.00. The van der Waals surface area contributed by atoms with E-state index in [0.29, 0.717) is 5.82 Å². The largest absolute Gasteiger partial charge is 0.362 e. The van der Waals surface area contributed by atoms with E-state index in [4.69, 9.17) is 27.7 Å². The number of hydrogen-bond donors (Lipinski definition) is 1. The van der Waals surface area contributed by atoms with Crippen LogP contribution in [0, 0.1) is 6.92 Å². The lowest BCUT2D eigenvalue weighted by molar-refractivity contribution is 0.422. The summed E-state index contributed by atoms with van der Waals surface area (Å²) in [5, 5.41) is 6.52. The molecule has 0 radical (unpaired) electrons. The van der Waals surface area contributed by atoms with E-state index in [-0.39, 0.29) is 16.5 Å². The minimum atomic E-state index is 0.0126. The first-order valence-electron chi connectivity index (χ1n) is 3.90. The van der Waals surface area contributed by atoms with Crippen LogP contribution in [0.15, 0.2) is 10.8 Å². The van der Waals surface area contributed by atoms with Crippen molar-refractivity contribution in [2.75, 3.05) is 5.32 Å². The number of aromatic nitrogens is 4. The second-order valence-corrected chi connectivity index (χ2v) is 3.34. The Morgan fingerprint density at radius 1 is 1.20 bits per heavy atom. The quantitative estimate of drug-likeness (QED) is 0.875. The van der Waals surface area contributed by atoms with Crippen LogP contribution in [-0.4, -0.2) is 20.1 Å². The van der Waals surface area contributed by atoms with Crippen molar-refractivity contribution < 1.29 is 4.52 Å². The lowest BCUT2D eigenvalue weighted by atomic mass is 10.4. The maximum absolute atomic E-state index is 5.60. The summed E-state index contributed by atoms with van der Waals surface area (Å²) >= 11 is 11.2. The predicted octanol–water partition coefficient (Wildman–Crippen LogP) is 2.22. The molecule has 0 fully saturated rings. The third-order valence-electron chi connectivity index (χ3n) is 1.56. The summed E-state index contributed by atoms with van der Waals surface area (Å²) in [5.74, 6) is 0.727. The average molecular weight is 246 g/mol. The van der Waals surface area contributed by atoms with Crippen molar-refractivity contribution in [1.29, 1.82) is 0 Å². The number of aryl methyl sites for hydroxylation is 1. The summed E-state index contributed by atoms with van der Waals surface area (Å²) in [6.45, 7) is 1.82. The zero-order valence-corrected chi connectivity index (χ0v) is 9.04. The summed E-state index contributed by atoms with van der Waals surface area (Å²) < 4.78 is 4.73. The van der Waals surface area contributed by atoms with Gasteiger partial charge in [0.2, 0.25) is 16.5 Å². The molecule has 0 saturated heterocycles. The molecule has 2 aromatic rings. The van der Waals surface area contributed by atoms with Crippen LogP contribution in [0.1, 0.15) is 5.56 Å². The van der Waals surface area contributed by atoms with Gasteiger partial charge in [0.25, 0.3) is 0 Å². The van der Waals surface area contributed by atoms with Gasteiger partial charge in [-0.2, -0.15) is 15.0 Å². The molecule has 0 unspecified atom stereocenters. The molecule has 6 nitrogen and oxygen atoms in total. The standard InChI is InChI=1S/C7H5Cl2N5O/c1-3-2-15-14-4(3)10-7-12-5(8)11-6(9)13-7/h2H,1H3,(H,10,11,12,13,14). The van der Waals surface area contributed by atoms with Gasteiger partial charge in [-0.25, -0.2) is 0 Å². The van der Waals surface area contributed by atoms with Gasteiger partial charge < -0.3 is 9.84 Å². The fraction of sp³-hybridized carbons (Fsp3) is 0.143. The summed E-state index contributed by atoms with van der Waals surface area (Å²) in [6.07, 6.45) is 1.49. The molecule has 78 valence electrons. The van der Waals surface area contributed by atoms with Crippen LogP contribution in [0.4, 0.5) is 11.8 Å². The van der Waals surface area contributed by atoms with Crippen molar-refractivity contribution >= 4 is 35.0 Å². The third kappa shape index (κ3) is 2.34. The minimum absolute atomic E-state index is 0.0126.